The smallest absolute Gasteiger partial charge is 0.214 e. The van der Waals surface area contributed by atoms with E-state index in [1.807, 2.05) is 0 Å². The number of rotatable bonds is 1. The Kier molecular flexibility index (Phi) is 1.07. The van der Waals surface area contributed by atoms with E-state index in [2.05, 4.69) is 0 Å². The van der Waals surface area contributed by atoms with Crippen molar-refractivity contribution in [1.29, 1.82) is 0 Å². The Labute approximate surface area is 52.8 Å². The van der Waals surface area contributed by atoms with Crippen molar-refractivity contribution in [3.63, 3.8) is 0 Å². The van der Waals surface area contributed by atoms with E-state index in [9.17, 15) is 4.39 Å². The summed E-state index contributed by atoms with van der Waals surface area (Å²) in [6, 6.07) is 0. The highest BCUT2D eigenvalue weighted by molar-refractivity contribution is 6.26. The maximum Gasteiger partial charge on any atom is 0.214 e. The molecule has 0 amide bonds. The molecule has 0 radical (unpaired) electrons. The largest absolute Gasteiger partial charge is 0.374 e. The topological polar surface area (TPSA) is 9.23 Å². The molecule has 1 nitrogen and oxygen atoms in total. The molecular formula is C5H8ClFO. The van der Waals surface area contributed by atoms with E-state index in [0.717, 1.165) is 0 Å². The molecule has 0 heterocycles. The lowest BCUT2D eigenvalue weighted by Crippen LogP contribution is -2.14. The van der Waals surface area contributed by atoms with Gasteiger partial charge in [0.2, 0.25) is 5.13 Å². The van der Waals surface area contributed by atoms with Gasteiger partial charge in [-0.25, -0.2) is 4.39 Å². The monoisotopic (exact) mass is 138 g/mol. The van der Waals surface area contributed by atoms with Crippen LogP contribution < -0.4 is 0 Å². The number of ether oxygens (including phenoxy) is 1. The van der Waals surface area contributed by atoms with Crippen molar-refractivity contribution in [2.75, 3.05) is 7.11 Å². The van der Waals surface area contributed by atoms with Gasteiger partial charge in [-0.1, -0.05) is 11.6 Å². The SMILES string of the molecule is CO[C@@]1(C)C[C@@]1(F)Cl. The summed E-state index contributed by atoms with van der Waals surface area (Å²) >= 11 is 5.26. The Morgan fingerprint density at radius 2 is 2.12 bits per heavy atom. The summed E-state index contributed by atoms with van der Waals surface area (Å²) in [5, 5.41) is -1.60. The summed E-state index contributed by atoms with van der Waals surface area (Å²) in [6.07, 6.45) is 0.304. The van der Waals surface area contributed by atoms with Crippen LogP contribution in [0, 0.1) is 0 Å². The highest BCUT2D eigenvalue weighted by atomic mass is 35.5. The molecule has 0 bridgehead atoms. The van der Waals surface area contributed by atoms with Crippen molar-refractivity contribution in [2.45, 2.75) is 24.1 Å². The maximum atomic E-state index is 12.5. The van der Waals surface area contributed by atoms with E-state index in [4.69, 9.17) is 16.3 Å². The Balaban J connectivity index is 2.55. The lowest BCUT2D eigenvalue weighted by molar-refractivity contribution is 0.0642. The summed E-state index contributed by atoms with van der Waals surface area (Å²) in [7, 11) is 1.46. The van der Waals surface area contributed by atoms with Crippen molar-refractivity contribution in [3.8, 4) is 0 Å². The van der Waals surface area contributed by atoms with Crippen LogP contribution in [0.4, 0.5) is 4.39 Å². The van der Waals surface area contributed by atoms with E-state index in [-0.39, 0.29) is 0 Å². The van der Waals surface area contributed by atoms with Crippen molar-refractivity contribution >= 4 is 11.6 Å². The van der Waals surface area contributed by atoms with Gasteiger partial charge >= 0.3 is 0 Å². The van der Waals surface area contributed by atoms with Gasteiger partial charge in [0.1, 0.15) is 5.60 Å². The van der Waals surface area contributed by atoms with Crippen LogP contribution in [0.3, 0.4) is 0 Å². The number of alkyl halides is 2. The standard InChI is InChI=1S/C5H8ClFO/c1-4(8-2)3-5(4,6)7/h3H2,1-2H3/t4-,5-/m0/s1. The first-order chi connectivity index (χ1) is 3.52. The number of hydrogen-bond acceptors (Lipinski definition) is 1. The third-order valence-electron chi connectivity index (χ3n) is 1.66. The van der Waals surface area contributed by atoms with Crippen LogP contribution in [0.2, 0.25) is 0 Å². The van der Waals surface area contributed by atoms with Crippen molar-refractivity contribution < 1.29 is 9.13 Å². The predicted octanol–water partition coefficient (Wildman–Crippen LogP) is 1.70. The highest BCUT2D eigenvalue weighted by Gasteiger charge is 2.66. The van der Waals surface area contributed by atoms with Crippen molar-refractivity contribution in [1.82, 2.24) is 0 Å². The summed E-state index contributed by atoms with van der Waals surface area (Å²) < 4.78 is 17.2. The van der Waals surface area contributed by atoms with Gasteiger partial charge < -0.3 is 4.74 Å². The summed E-state index contributed by atoms with van der Waals surface area (Å²) in [5.74, 6) is 0. The zero-order valence-electron chi connectivity index (χ0n) is 4.87. The normalized spacial score (nSPS) is 54.0. The number of halogens is 2. The van der Waals surface area contributed by atoms with Gasteiger partial charge in [-0.15, -0.1) is 0 Å². The highest BCUT2D eigenvalue weighted by Crippen LogP contribution is 2.56. The fraction of sp³-hybridized carbons (Fsp3) is 1.00. The maximum absolute atomic E-state index is 12.5. The molecule has 3 heteroatoms. The molecule has 0 aromatic rings. The van der Waals surface area contributed by atoms with Gasteiger partial charge in [0, 0.05) is 13.5 Å². The molecule has 0 aromatic carbocycles. The van der Waals surface area contributed by atoms with Crippen LogP contribution in [-0.4, -0.2) is 17.8 Å². The van der Waals surface area contributed by atoms with E-state index in [0.29, 0.717) is 6.42 Å². The second-order valence-corrected chi connectivity index (χ2v) is 2.92. The second kappa shape index (κ2) is 1.36. The lowest BCUT2D eigenvalue weighted by Gasteiger charge is -2.05. The molecule has 0 unspecified atom stereocenters. The third-order valence-corrected chi connectivity index (χ3v) is 2.19. The van der Waals surface area contributed by atoms with Crippen molar-refractivity contribution in [2.24, 2.45) is 0 Å². The van der Waals surface area contributed by atoms with Gasteiger partial charge in [-0.3, -0.25) is 0 Å². The van der Waals surface area contributed by atoms with Crippen LogP contribution in [0.25, 0.3) is 0 Å². The molecule has 1 aliphatic carbocycles. The molecule has 0 N–H and O–H groups in total. The minimum atomic E-state index is -1.60. The van der Waals surface area contributed by atoms with E-state index < -0.39 is 10.7 Å². The van der Waals surface area contributed by atoms with Gasteiger partial charge in [-0.05, 0) is 6.92 Å². The van der Waals surface area contributed by atoms with Crippen LogP contribution in [0.5, 0.6) is 0 Å². The molecule has 2 atom stereocenters. The Morgan fingerprint density at radius 3 is 2.12 bits per heavy atom. The first-order valence-electron chi connectivity index (χ1n) is 2.45. The molecule has 1 aliphatic rings. The second-order valence-electron chi connectivity index (χ2n) is 2.32. The zero-order valence-corrected chi connectivity index (χ0v) is 5.63. The first-order valence-corrected chi connectivity index (χ1v) is 2.83. The number of hydrogen-bond donors (Lipinski definition) is 0. The summed E-state index contributed by atoms with van der Waals surface area (Å²) in [4.78, 5) is 0. The molecule has 1 saturated carbocycles. The average Bonchev–Trinajstić information content (AvgIpc) is 2.10. The van der Waals surface area contributed by atoms with Gasteiger partial charge in [0.15, 0.2) is 0 Å². The Morgan fingerprint density at radius 1 is 1.75 bits per heavy atom. The molecule has 0 spiro atoms. The zero-order chi connectivity index (χ0) is 6.41. The average molecular weight is 139 g/mol. The van der Waals surface area contributed by atoms with Crippen molar-refractivity contribution in [3.05, 3.63) is 0 Å². The molecule has 0 saturated heterocycles. The predicted molar refractivity (Wildman–Crippen MR) is 29.7 cm³/mol. The minimum absolute atomic E-state index is 0.304. The first kappa shape index (κ1) is 6.30. The molecular weight excluding hydrogens is 131 g/mol. The minimum Gasteiger partial charge on any atom is -0.374 e. The van der Waals surface area contributed by atoms with E-state index in [1.54, 1.807) is 6.92 Å². The van der Waals surface area contributed by atoms with Crippen LogP contribution >= 0.6 is 11.6 Å². The van der Waals surface area contributed by atoms with Gasteiger partial charge in [-0.2, -0.15) is 0 Å². The molecule has 1 rings (SSSR count). The molecule has 1 fully saturated rings. The third kappa shape index (κ3) is 0.633. The Bertz CT molecular complexity index is 115. The Hall–Kier alpha value is 0.180. The van der Waals surface area contributed by atoms with Gasteiger partial charge in [0.05, 0.1) is 0 Å². The fourth-order valence-corrected chi connectivity index (χ4v) is 0.933. The molecule has 0 aliphatic heterocycles. The lowest BCUT2D eigenvalue weighted by atomic mass is 10.4. The van der Waals surface area contributed by atoms with Crippen LogP contribution in [-0.2, 0) is 4.74 Å². The van der Waals surface area contributed by atoms with Crippen LogP contribution in [0.15, 0.2) is 0 Å². The molecule has 0 aromatic heterocycles. The van der Waals surface area contributed by atoms with Crippen LogP contribution in [0.1, 0.15) is 13.3 Å². The summed E-state index contributed by atoms with van der Waals surface area (Å²) in [6.45, 7) is 1.65. The summed E-state index contributed by atoms with van der Waals surface area (Å²) in [5.41, 5.74) is -0.714. The van der Waals surface area contributed by atoms with E-state index in [1.165, 1.54) is 7.11 Å². The van der Waals surface area contributed by atoms with E-state index >= 15 is 0 Å². The van der Waals surface area contributed by atoms with Gasteiger partial charge in [0.25, 0.3) is 0 Å². The molecule has 48 valence electrons. The molecule has 8 heavy (non-hydrogen) atoms. The fourth-order valence-electron chi connectivity index (χ4n) is 0.601. The quantitative estimate of drug-likeness (QED) is 0.501. The number of methoxy groups -OCH3 is 1.